The molecule has 2 heterocycles. The summed E-state index contributed by atoms with van der Waals surface area (Å²) in [5.74, 6) is 0.993. The van der Waals surface area contributed by atoms with Gasteiger partial charge in [-0.05, 0) is 24.3 Å². The number of methoxy groups -OCH3 is 1. The molecule has 3 nitrogen and oxygen atoms in total. The van der Waals surface area contributed by atoms with Gasteiger partial charge in [0.15, 0.2) is 0 Å². The third-order valence-corrected chi connectivity index (χ3v) is 2.85. The van der Waals surface area contributed by atoms with E-state index in [-0.39, 0.29) is 5.82 Å². The van der Waals surface area contributed by atoms with Gasteiger partial charge in [0.2, 0.25) is 0 Å². The van der Waals surface area contributed by atoms with Crippen LogP contribution in [0.15, 0.2) is 48.8 Å². The van der Waals surface area contributed by atoms with Crippen molar-refractivity contribution in [2.24, 2.45) is 0 Å². The lowest BCUT2D eigenvalue weighted by atomic mass is 10.2. The first-order valence-electron chi connectivity index (χ1n) is 5.55. The molecule has 0 bridgehead atoms. The standard InChI is InChI=1S/C14H11FN2O/c1-18-11-7-6-10-8-16-14(17(10)9-11)12-4-2-3-5-13(12)15/h2-9H,1H3. The summed E-state index contributed by atoms with van der Waals surface area (Å²) in [6.45, 7) is 0. The van der Waals surface area contributed by atoms with Gasteiger partial charge in [0, 0.05) is 0 Å². The molecule has 0 fully saturated rings. The largest absolute Gasteiger partial charge is 0.495 e. The van der Waals surface area contributed by atoms with E-state index in [0.717, 1.165) is 5.52 Å². The van der Waals surface area contributed by atoms with Gasteiger partial charge in [0.1, 0.15) is 17.4 Å². The number of hydrogen-bond acceptors (Lipinski definition) is 2. The lowest BCUT2D eigenvalue weighted by Crippen LogP contribution is -1.93. The monoisotopic (exact) mass is 242 g/mol. The van der Waals surface area contributed by atoms with E-state index in [1.165, 1.54) is 6.07 Å². The smallest absolute Gasteiger partial charge is 0.147 e. The number of imidazole rings is 1. The van der Waals surface area contributed by atoms with E-state index in [0.29, 0.717) is 17.1 Å². The van der Waals surface area contributed by atoms with E-state index >= 15 is 0 Å². The average molecular weight is 242 g/mol. The fourth-order valence-electron chi connectivity index (χ4n) is 1.93. The molecule has 0 aliphatic carbocycles. The van der Waals surface area contributed by atoms with Crippen LogP contribution in [0.4, 0.5) is 4.39 Å². The molecule has 2 aromatic heterocycles. The van der Waals surface area contributed by atoms with Crippen molar-refractivity contribution in [3.05, 3.63) is 54.6 Å². The highest BCUT2D eigenvalue weighted by Gasteiger charge is 2.10. The van der Waals surface area contributed by atoms with Crippen molar-refractivity contribution in [1.82, 2.24) is 9.38 Å². The zero-order valence-electron chi connectivity index (χ0n) is 9.80. The highest BCUT2D eigenvalue weighted by Crippen LogP contribution is 2.24. The molecule has 0 radical (unpaired) electrons. The average Bonchev–Trinajstić information content (AvgIpc) is 2.82. The Morgan fingerprint density at radius 2 is 2.00 bits per heavy atom. The summed E-state index contributed by atoms with van der Waals surface area (Å²) in [5.41, 5.74) is 1.37. The quantitative estimate of drug-likeness (QED) is 0.690. The lowest BCUT2D eigenvalue weighted by Gasteiger charge is -2.05. The molecule has 0 atom stereocenters. The van der Waals surface area contributed by atoms with Crippen LogP contribution in [0.2, 0.25) is 0 Å². The molecule has 1 aromatic carbocycles. The zero-order chi connectivity index (χ0) is 12.5. The summed E-state index contributed by atoms with van der Waals surface area (Å²) in [6.07, 6.45) is 3.51. The van der Waals surface area contributed by atoms with Gasteiger partial charge in [-0.3, -0.25) is 4.40 Å². The first-order chi connectivity index (χ1) is 8.79. The third kappa shape index (κ3) is 1.62. The molecular formula is C14H11FN2O. The van der Waals surface area contributed by atoms with Crippen LogP contribution in [0, 0.1) is 5.82 Å². The Bertz CT molecular complexity index is 706. The number of nitrogens with zero attached hydrogens (tertiary/aromatic N) is 2. The molecular weight excluding hydrogens is 231 g/mol. The molecule has 0 unspecified atom stereocenters. The summed E-state index contributed by atoms with van der Waals surface area (Å²) >= 11 is 0. The molecule has 90 valence electrons. The van der Waals surface area contributed by atoms with Gasteiger partial charge in [0.05, 0.1) is 30.6 Å². The highest BCUT2D eigenvalue weighted by atomic mass is 19.1. The van der Waals surface area contributed by atoms with E-state index in [9.17, 15) is 4.39 Å². The number of aromatic nitrogens is 2. The van der Waals surface area contributed by atoms with Crippen LogP contribution in [0.25, 0.3) is 16.9 Å². The number of pyridine rings is 1. The summed E-state index contributed by atoms with van der Waals surface area (Å²) in [4.78, 5) is 4.27. The Kier molecular flexibility index (Phi) is 2.48. The lowest BCUT2D eigenvalue weighted by molar-refractivity contribution is 0.412. The number of halogens is 1. The van der Waals surface area contributed by atoms with E-state index < -0.39 is 0 Å². The second-order valence-electron chi connectivity index (χ2n) is 3.93. The van der Waals surface area contributed by atoms with Crippen molar-refractivity contribution >= 4 is 5.52 Å². The van der Waals surface area contributed by atoms with E-state index in [1.54, 1.807) is 37.7 Å². The molecule has 0 saturated carbocycles. The topological polar surface area (TPSA) is 26.5 Å². The molecule has 0 aliphatic heterocycles. The number of benzene rings is 1. The molecule has 0 saturated heterocycles. The molecule has 18 heavy (non-hydrogen) atoms. The van der Waals surface area contributed by atoms with Gasteiger partial charge in [0.25, 0.3) is 0 Å². The Morgan fingerprint density at radius 3 is 2.78 bits per heavy atom. The van der Waals surface area contributed by atoms with Crippen LogP contribution >= 0.6 is 0 Å². The van der Waals surface area contributed by atoms with Gasteiger partial charge >= 0.3 is 0 Å². The maximum Gasteiger partial charge on any atom is 0.147 e. The van der Waals surface area contributed by atoms with Gasteiger partial charge in [-0.15, -0.1) is 0 Å². The van der Waals surface area contributed by atoms with Gasteiger partial charge in [-0.25, -0.2) is 9.37 Å². The number of fused-ring (bicyclic) bond motifs is 1. The van der Waals surface area contributed by atoms with Gasteiger partial charge in [-0.1, -0.05) is 12.1 Å². The maximum atomic E-state index is 13.8. The van der Waals surface area contributed by atoms with Crippen LogP contribution in [-0.4, -0.2) is 16.5 Å². The molecule has 0 aliphatic rings. The molecule has 3 rings (SSSR count). The molecule has 0 amide bonds. The maximum absolute atomic E-state index is 13.8. The van der Waals surface area contributed by atoms with Gasteiger partial charge < -0.3 is 4.74 Å². The Hall–Kier alpha value is -2.36. The van der Waals surface area contributed by atoms with Crippen molar-refractivity contribution in [2.75, 3.05) is 7.11 Å². The van der Waals surface area contributed by atoms with Crippen LogP contribution < -0.4 is 4.74 Å². The first kappa shape index (κ1) is 10.8. The van der Waals surface area contributed by atoms with Crippen LogP contribution in [-0.2, 0) is 0 Å². The summed E-state index contributed by atoms with van der Waals surface area (Å²) in [6, 6.07) is 10.3. The fraction of sp³-hybridized carbons (Fsp3) is 0.0714. The van der Waals surface area contributed by atoms with Crippen molar-refractivity contribution in [2.45, 2.75) is 0 Å². The normalized spacial score (nSPS) is 10.8. The minimum absolute atomic E-state index is 0.284. The van der Waals surface area contributed by atoms with Crippen molar-refractivity contribution in [1.29, 1.82) is 0 Å². The number of ether oxygens (including phenoxy) is 1. The molecule has 0 N–H and O–H groups in total. The summed E-state index contributed by atoms with van der Waals surface area (Å²) < 4.78 is 20.8. The van der Waals surface area contributed by atoms with Crippen LogP contribution in [0.1, 0.15) is 0 Å². The Labute approximate surface area is 103 Å². The predicted octanol–water partition coefficient (Wildman–Crippen LogP) is 3.15. The minimum atomic E-state index is -0.284. The van der Waals surface area contributed by atoms with Crippen LogP contribution in [0.5, 0.6) is 5.75 Å². The van der Waals surface area contributed by atoms with Gasteiger partial charge in [-0.2, -0.15) is 0 Å². The Balaban J connectivity index is 2.26. The van der Waals surface area contributed by atoms with Crippen molar-refractivity contribution in [3.63, 3.8) is 0 Å². The second kappa shape index (κ2) is 4.14. The minimum Gasteiger partial charge on any atom is -0.495 e. The zero-order valence-corrected chi connectivity index (χ0v) is 9.80. The highest BCUT2D eigenvalue weighted by molar-refractivity contribution is 5.63. The SMILES string of the molecule is COc1ccc2cnc(-c3ccccc3F)n2c1. The Morgan fingerprint density at radius 1 is 1.17 bits per heavy atom. The number of hydrogen-bond donors (Lipinski definition) is 0. The predicted molar refractivity (Wildman–Crippen MR) is 67.1 cm³/mol. The van der Waals surface area contributed by atoms with Crippen molar-refractivity contribution in [3.8, 4) is 17.1 Å². The first-order valence-corrected chi connectivity index (χ1v) is 5.55. The molecule has 4 heteroatoms. The van der Waals surface area contributed by atoms with E-state index in [1.807, 2.05) is 16.5 Å². The van der Waals surface area contributed by atoms with Crippen molar-refractivity contribution < 1.29 is 9.13 Å². The summed E-state index contributed by atoms with van der Waals surface area (Å²) in [7, 11) is 1.60. The second-order valence-corrected chi connectivity index (χ2v) is 3.93. The van der Waals surface area contributed by atoms with E-state index in [2.05, 4.69) is 4.98 Å². The van der Waals surface area contributed by atoms with Crippen LogP contribution in [0.3, 0.4) is 0 Å². The fourth-order valence-corrected chi connectivity index (χ4v) is 1.93. The summed E-state index contributed by atoms with van der Waals surface area (Å²) in [5, 5.41) is 0. The number of rotatable bonds is 2. The molecule has 0 spiro atoms. The third-order valence-electron chi connectivity index (χ3n) is 2.85. The van der Waals surface area contributed by atoms with E-state index in [4.69, 9.17) is 4.74 Å². The molecule has 3 aromatic rings.